The van der Waals surface area contributed by atoms with Gasteiger partial charge in [-0.1, -0.05) is 11.2 Å². The Kier molecular flexibility index (Phi) is 5.45. The maximum absolute atomic E-state index is 14.6. The molecule has 176 valence electrons. The quantitative estimate of drug-likeness (QED) is 0.619. The molecule has 1 fully saturated rings. The van der Waals surface area contributed by atoms with E-state index in [0.29, 0.717) is 17.3 Å². The van der Waals surface area contributed by atoms with E-state index in [9.17, 15) is 13.9 Å². The highest BCUT2D eigenvalue weighted by atomic mass is 19.1. The number of imidazole rings is 1. The van der Waals surface area contributed by atoms with Crippen molar-refractivity contribution in [1.82, 2.24) is 14.5 Å². The van der Waals surface area contributed by atoms with E-state index in [1.165, 1.54) is 6.07 Å². The van der Waals surface area contributed by atoms with Gasteiger partial charge in [-0.25, -0.2) is 13.8 Å². The molecule has 0 bridgehead atoms. The Hall–Kier alpha value is -3.92. The Morgan fingerprint density at radius 1 is 1.24 bits per heavy atom. The number of morpholine rings is 1. The molecule has 0 saturated carbocycles. The zero-order valence-corrected chi connectivity index (χ0v) is 18.5. The number of rotatable bonds is 5. The van der Waals surface area contributed by atoms with Crippen molar-refractivity contribution < 1.29 is 28.2 Å². The molecule has 3 heterocycles. The second-order valence-corrected chi connectivity index (χ2v) is 7.94. The summed E-state index contributed by atoms with van der Waals surface area (Å²) in [5.74, 6) is -0.242. The maximum atomic E-state index is 14.6. The smallest absolute Gasteiger partial charge is 0.263 e. The van der Waals surface area contributed by atoms with Crippen LogP contribution in [0.25, 0.3) is 11.8 Å². The van der Waals surface area contributed by atoms with E-state index >= 15 is 0 Å². The lowest BCUT2D eigenvalue weighted by Gasteiger charge is -2.38. The third kappa shape index (κ3) is 3.56. The summed E-state index contributed by atoms with van der Waals surface area (Å²) in [6, 6.07) is 8.74. The Balaban J connectivity index is 1.49. The van der Waals surface area contributed by atoms with Gasteiger partial charge in [0.05, 0.1) is 36.9 Å². The Morgan fingerprint density at radius 2 is 2.09 bits per heavy atom. The highest BCUT2D eigenvalue weighted by Gasteiger charge is 2.51. The van der Waals surface area contributed by atoms with Crippen molar-refractivity contribution in [2.45, 2.75) is 12.6 Å². The van der Waals surface area contributed by atoms with Gasteiger partial charge in [-0.05, 0) is 42.8 Å². The number of amidine groups is 1. The van der Waals surface area contributed by atoms with Gasteiger partial charge >= 0.3 is 0 Å². The van der Waals surface area contributed by atoms with Gasteiger partial charge in [-0.2, -0.15) is 0 Å². The number of halogens is 2. The van der Waals surface area contributed by atoms with Crippen LogP contribution in [-0.2, 0) is 15.3 Å². The molecule has 1 N–H and O–H groups in total. The molecular weight excluding hydrogens is 446 g/mol. The molecule has 5 rings (SSSR count). The number of ether oxygens (including phenoxy) is 2. The number of aliphatic hydroxyl groups excluding tert-OH is 1. The summed E-state index contributed by atoms with van der Waals surface area (Å²) >= 11 is 0. The van der Waals surface area contributed by atoms with Gasteiger partial charge in [-0.3, -0.25) is 0 Å². The van der Waals surface area contributed by atoms with Crippen molar-refractivity contribution in [3.63, 3.8) is 0 Å². The lowest BCUT2D eigenvalue weighted by molar-refractivity contribution is -0.143. The molecular formula is C24H22F2N4O4. The molecule has 8 nitrogen and oxygen atoms in total. The normalized spacial score (nSPS) is 20.6. The standard InChI is InChI=1S/C24H22F2N4O4/c1-15-12-29(14-27-15)20-6-3-16(9-21(20)32-2)10-22-23-28-34-24(13-31,30(23)7-8-33-22)18-5-4-17(25)11-19(18)26/h3-6,9-12,14,31H,7-8,13H2,1-2H3. The molecule has 1 aromatic heterocycles. The molecule has 2 aliphatic heterocycles. The van der Waals surface area contributed by atoms with E-state index in [1.54, 1.807) is 24.4 Å². The second kappa shape index (κ2) is 8.45. The topological polar surface area (TPSA) is 81.3 Å². The Morgan fingerprint density at radius 3 is 2.79 bits per heavy atom. The minimum atomic E-state index is -1.61. The van der Waals surface area contributed by atoms with Crippen molar-refractivity contribution in [2.24, 2.45) is 5.16 Å². The van der Waals surface area contributed by atoms with Gasteiger partial charge in [0.25, 0.3) is 5.72 Å². The highest BCUT2D eigenvalue weighted by molar-refractivity contribution is 6.01. The molecule has 10 heteroatoms. The van der Waals surface area contributed by atoms with Crippen LogP contribution in [0.4, 0.5) is 8.78 Å². The number of hydrogen-bond acceptors (Lipinski definition) is 7. The fourth-order valence-electron chi connectivity index (χ4n) is 4.17. The number of nitrogens with zero attached hydrogens (tertiary/aromatic N) is 4. The fourth-order valence-corrected chi connectivity index (χ4v) is 4.17. The predicted octanol–water partition coefficient (Wildman–Crippen LogP) is 3.33. The number of fused-ring (bicyclic) bond motifs is 1. The number of aryl methyl sites for hydroxylation is 1. The first-order valence-corrected chi connectivity index (χ1v) is 10.6. The summed E-state index contributed by atoms with van der Waals surface area (Å²) in [7, 11) is 1.58. The van der Waals surface area contributed by atoms with Crippen molar-refractivity contribution in [3.8, 4) is 11.4 Å². The van der Waals surface area contributed by atoms with Gasteiger partial charge < -0.3 is 28.9 Å². The molecule has 34 heavy (non-hydrogen) atoms. The predicted molar refractivity (Wildman–Crippen MR) is 119 cm³/mol. The first kappa shape index (κ1) is 21.9. The molecule has 0 amide bonds. The minimum absolute atomic E-state index is 0.0157. The molecule has 0 aliphatic carbocycles. The van der Waals surface area contributed by atoms with Gasteiger partial charge in [0, 0.05) is 12.3 Å². The molecule has 0 spiro atoms. The molecule has 3 aromatic rings. The zero-order valence-electron chi connectivity index (χ0n) is 18.5. The van der Waals surface area contributed by atoms with Crippen LogP contribution in [0.3, 0.4) is 0 Å². The number of aromatic nitrogens is 2. The second-order valence-electron chi connectivity index (χ2n) is 7.94. The number of hydrogen-bond donors (Lipinski definition) is 1. The van der Waals surface area contributed by atoms with E-state index in [2.05, 4.69) is 10.1 Å². The van der Waals surface area contributed by atoms with E-state index in [-0.39, 0.29) is 18.7 Å². The van der Waals surface area contributed by atoms with Crippen LogP contribution in [0, 0.1) is 18.6 Å². The van der Waals surface area contributed by atoms with Crippen LogP contribution in [0.5, 0.6) is 5.75 Å². The lowest BCUT2D eigenvalue weighted by Crippen LogP contribution is -2.53. The van der Waals surface area contributed by atoms with Gasteiger partial charge in [-0.15, -0.1) is 0 Å². The summed E-state index contributed by atoms with van der Waals surface area (Å²) in [6.07, 6.45) is 5.36. The van der Waals surface area contributed by atoms with Crippen molar-refractivity contribution in [2.75, 3.05) is 26.9 Å². The number of aliphatic hydroxyl groups is 1. The number of methoxy groups -OCH3 is 1. The molecule has 1 unspecified atom stereocenters. The number of benzene rings is 2. The van der Waals surface area contributed by atoms with Crippen LogP contribution in [0.15, 0.2) is 59.8 Å². The van der Waals surface area contributed by atoms with Gasteiger partial charge in [0.1, 0.15) is 30.6 Å². The molecule has 2 aromatic carbocycles. The van der Waals surface area contributed by atoms with E-state index in [1.807, 2.05) is 35.9 Å². The Labute approximate surface area is 194 Å². The van der Waals surface area contributed by atoms with Crippen LogP contribution in [-0.4, -0.2) is 52.3 Å². The van der Waals surface area contributed by atoms with E-state index < -0.39 is 24.0 Å². The van der Waals surface area contributed by atoms with Crippen LogP contribution >= 0.6 is 0 Å². The summed E-state index contributed by atoms with van der Waals surface area (Å²) in [5, 5.41) is 14.3. The number of oxime groups is 1. The van der Waals surface area contributed by atoms with Crippen LogP contribution in [0.2, 0.25) is 0 Å². The summed E-state index contributed by atoms with van der Waals surface area (Å²) in [6.45, 7) is 1.85. The van der Waals surface area contributed by atoms with Crippen molar-refractivity contribution in [1.29, 1.82) is 0 Å². The highest BCUT2D eigenvalue weighted by Crippen LogP contribution is 2.40. The molecule has 2 aliphatic rings. The fraction of sp³-hybridized carbons (Fsp3) is 0.250. The first-order chi connectivity index (χ1) is 16.4. The average molecular weight is 468 g/mol. The van der Waals surface area contributed by atoms with Gasteiger partial charge in [0.15, 0.2) is 5.76 Å². The summed E-state index contributed by atoms with van der Waals surface area (Å²) < 4.78 is 41.4. The third-order valence-corrected chi connectivity index (χ3v) is 5.83. The summed E-state index contributed by atoms with van der Waals surface area (Å²) in [5.41, 5.74) is 0.846. The monoisotopic (exact) mass is 468 g/mol. The van der Waals surface area contributed by atoms with E-state index in [4.69, 9.17) is 14.3 Å². The third-order valence-electron chi connectivity index (χ3n) is 5.83. The van der Waals surface area contributed by atoms with Gasteiger partial charge in [0.2, 0.25) is 5.84 Å². The molecule has 0 radical (unpaired) electrons. The van der Waals surface area contributed by atoms with Crippen molar-refractivity contribution in [3.05, 3.63) is 83.1 Å². The SMILES string of the molecule is COc1cc(C=C2OCCN3C2=NOC3(CO)c2ccc(F)cc2F)ccc1-n1cnc(C)c1. The van der Waals surface area contributed by atoms with Crippen molar-refractivity contribution >= 4 is 11.9 Å². The largest absolute Gasteiger partial charge is 0.495 e. The molecule has 1 saturated heterocycles. The molecule has 1 atom stereocenters. The summed E-state index contributed by atoms with van der Waals surface area (Å²) in [4.78, 5) is 11.5. The van der Waals surface area contributed by atoms with Crippen LogP contribution in [0.1, 0.15) is 16.8 Å². The van der Waals surface area contributed by atoms with Crippen LogP contribution < -0.4 is 4.74 Å². The zero-order chi connectivity index (χ0) is 23.9. The average Bonchev–Trinajstić information content (AvgIpc) is 3.44. The maximum Gasteiger partial charge on any atom is 0.263 e. The lowest BCUT2D eigenvalue weighted by atomic mass is 9.99. The first-order valence-electron chi connectivity index (χ1n) is 10.6. The minimum Gasteiger partial charge on any atom is -0.495 e. The Bertz CT molecular complexity index is 1310. The van der Waals surface area contributed by atoms with E-state index in [0.717, 1.165) is 29.1 Å².